The highest BCUT2D eigenvalue weighted by molar-refractivity contribution is 6.32. The minimum Gasteiger partial charge on any atom is -0.486 e. The third kappa shape index (κ3) is 4.59. The standard InChI is InChI=1S/C19H21ClN4O/c1-23(12-15-5-4-9-21-11-15)13-16-6-3-7-18(19(16)20)25-14-17-8-10-22-24(17)2/h3-11H,12-14H2,1-2H3. The van der Waals surface area contributed by atoms with E-state index in [0.717, 1.165) is 24.3 Å². The lowest BCUT2D eigenvalue weighted by Crippen LogP contribution is -2.17. The predicted octanol–water partition coefficient (Wildman–Crippen LogP) is 3.68. The van der Waals surface area contributed by atoms with Crippen LogP contribution in [0.15, 0.2) is 55.0 Å². The van der Waals surface area contributed by atoms with Crippen molar-refractivity contribution in [2.45, 2.75) is 19.7 Å². The van der Waals surface area contributed by atoms with E-state index >= 15 is 0 Å². The van der Waals surface area contributed by atoms with Gasteiger partial charge in [0, 0.05) is 38.7 Å². The third-order valence-electron chi connectivity index (χ3n) is 3.96. The molecule has 0 aliphatic heterocycles. The van der Waals surface area contributed by atoms with Crippen molar-refractivity contribution < 1.29 is 4.74 Å². The Morgan fingerprint density at radius 1 is 1.12 bits per heavy atom. The summed E-state index contributed by atoms with van der Waals surface area (Å²) >= 11 is 6.55. The summed E-state index contributed by atoms with van der Waals surface area (Å²) in [5.41, 5.74) is 3.20. The van der Waals surface area contributed by atoms with Gasteiger partial charge in [-0.25, -0.2) is 0 Å². The van der Waals surface area contributed by atoms with Gasteiger partial charge < -0.3 is 4.74 Å². The minimum atomic E-state index is 0.436. The normalized spacial score (nSPS) is 11.0. The van der Waals surface area contributed by atoms with Crippen LogP contribution in [0.4, 0.5) is 0 Å². The molecule has 2 aromatic heterocycles. The van der Waals surface area contributed by atoms with Gasteiger partial charge in [-0.2, -0.15) is 5.10 Å². The third-order valence-corrected chi connectivity index (χ3v) is 4.39. The Morgan fingerprint density at radius 2 is 2.00 bits per heavy atom. The Morgan fingerprint density at radius 3 is 2.72 bits per heavy atom. The Bertz CT molecular complexity index is 819. The molecule has 0 aliphatic rings. The van der Waals surface area contributed by atoms with Crippen molar-refractivity contribution in [3.63, 3.8) is 0 Å². The van der Waals surface area contributed by atoms with Crippen molar-refractivity contribution >= 4 is 11.6 Å². The van der Waals surface area contributed by atoms with Crippen LogP contribution in [0.3, 0.4) is 0 Å². The predicted molar refractivity (Wildman–Crippen MR) is 98.4 cm³/mol. The molecule has 2 heterocycles. The van der Waals surface area contributed by atoms with Gasteiger partial charge in [-0.15, -0.1) is 0 Å². The van der Waals surface area contributed by atoms with Gasteiger partial charge in [0.1, 0.15) is 12.4 Å². The molecule has 0 amide bonds. The first kappa shape index (κ1) is 17.5. The van der Waals surface area contributed by atoms with Gasteiger partial charge in [-0.3, -0.25) is 14.6 Å². The average Bonchev–Trinajstić information content (AvgIpc) is 3.01. The molecule has 25 heavy (non-hydrogen) atoms. The average molecular weight is 357 g/mol. The largest absolute Gasteiger partial charge is 0.486 e. The molecule has 0 N–H and O–H groups in total. The highest BCUT2D eigenvalue weighted by Gasteiger charge is 2.11. The van der Waals surface area contributed by atoms with Crippen molar-refractivity contribution in [2.24, 2.45) is 7.05 Å². The second-order valence-electron chi connectivity index (χ2n) is 6.00. The van der Waals surface area contributed by atoms with Gasteiger partial charge in [0.05, 0.1) is 10.7 Å². The Kier molecular flexibility index (Phi) is 5.68. The maximum atomic E-state index is 6.55. The lowest BCUT2D eigenvalue weighted by Gasteiger charge is -2.18. The van der Waals surface area contributed by atoms with Crippen LogP contribution in [-0.4, -0.2) is 26.7 Å². The van der Waals surface area contributed by atoms with E-state index in [1.165, 1.54) is 5.56 Å². The Labute approximate surface area is 152 Å². The van der Waals surface area contributed by atoms with E-state index in [1.807, 2.05) is 43.6 Å². The van der Waals surface area contributed by atoms with E-state index in [1.54, 1.807) is 17.1 Å². The van der Waals surface area contributed by atoms with E-state index in [2.05, 4.69) is 28.1 Å². The monoisotopic (exact) mass is 356 g/mol. The van der Waals surface area contributed by atoms with Crippen LogP contribution in [-0.2, 0) is 26.7 Å². The number of nitrogens with zero attached hydrogens (tertiary/aromatic N) is 4. The van der Waals surface area contributed by atoms with Crippen molar-refractivity contribution in [1.29, 1.82) is 0 Å². The first-order valence-electron chi connectivity index (χ1n) is 8.08. The van der Waals surface area contributed by atoms with Crippen LogP contribution >= 0.6 is 11.6 Å². The summed E-state index contributed by atoms with van der Waals surface area (Å²) in [6, 6.07) is 11.8. The first-order chi connectivity index (χ1) is 12.1. The number of rotatable bonds is 7. The molecule has 0 atom stereocenters. The van der Waals surface area contributed by atoms with E-state index in [9.17, 15) is 0 Å². The smallest absolute Gasteiger partial charge is 0.138 e. The zero-order valence-corrected chi connectivity index (χ0v) is 15.1. The highest BCUT2D eigenvalue weighted by atomic mass is 35.5. The molecular formula is C19H21ClN4O. The van der Waals surface area contributed by atoms with Gasteiger partial charge in [-0.1, -0.05) is 29.8 Å². The summed E-state index contributed by atoms with van der Waals surface area (Å²) in [6.45, 7) is 1.98. The molecule has 5 nitrogen and oxygen atoms in total. The first-order valence-corrected chi connectivity index (χ1v) is 8.46. The van der Waals surface area contributed by atoms with Gasteiger partial charge in [0.25, 0.3) is 0 Å². The molecule has 0 aliphatic carbocycles. The fourth-order valence-corrected chi connectivity index (χ4v) is 2.87. The van der Waals surface area contributed by atoms with Crippen molar-refractivity contribution in [3.05, 3.63) is 76.8 Å². The maximum absolute atomic E-state index is 6.55. The number of ether oxygens (including phenoxy) is 1. The fraction of sp³-hybridized carbons (Fsp3) is 0.263. The summed E-state index contributed by atoms with van der Waals surface area (Å²) in [6.07, 6.45) is 5.42. The SMILES string of the molecule is CN(Cc1cccnc1)Cc1cccc(OCc2ccnn2C)c1Cl. The number of hydrogen-bond acceptors (Lipinski definition) is 4. The Hall–Kier alpha value is -2.37. The molecule has 6 heteroatoms. The number of aromatic nitrogens is 3. The molecule has 0 bridgehead atoms. The van der Waals surface area contributed by atoms with E-state index in [4.69, 9.17) is 16.3 Å². The summed E-state index contributed by atoms with van der Waals surface area (Å²) in [7, 11) is 3.95. The number of aryl methyl sites for hydroxylation is 1. The lowest BCUT2D eigenvalue weighted by atomic mass is 10.2. The van der Waals surface area contributed by atoms with Gasteiger partial charge in [0.15, 0.2) is 0 Å². The van der Waals surface area contributed by atoms with Crippen LogP contribution < -0.4 is 4.74 Å². The second-order valence-corrected chi connectivity index (χ2v) is 6.38. The van der Waals surface area contributed by atoms with Gasteiger partial charge in [0.2, 0.25) is 0 Å². The topological polar surface area (TPSA) is 43.2 Å². The van der Waals surface area contributed by atoms with Crippen molar-refractivity contribution in [2.75, 3.05) is 7.05 Å². The van der Waals surface area contributed by atoms with Crippen LogP contribution in [0.2, 0.25) is 5.02 Å². The van der Waals surface area contributed by atoms with Gasteiger partial charge >= 0.3 is 0 Å². The number of halogens is 1. The molecule has 1 aromatic carbocycles. The van der Waals surface area contributed by atoms with Crippen molar-refractivity contribution in [3.8, 4) is 5.75 Å². The van der Waals surface area contributed by atoms with Crippen molar-refractivity contribution in [1.82, 2.24) is 19.7 Å². The molecule has 0 radical (unpaired) electrons. The lowest BCUT2D eigenvalue weighted by molar-refractivity contribution is 0.292. The number of hydrogen-bond donors (Lipinski definition) is 0. The van der Waals surface area contributed by atoms with Crippen LogP contribution in [0.5, 0.6) is 5.75 Å². The van der Waals surface area contributed by atoms with E-state index in [0.29, 0.717) is 17.4 Å². The molecule has 3 aromatic rings. The molecule has 130 valence electrons. The minimum absolute atomic E-state index is 0.436. The molecule has 0 saturated heterocycles. The van der Waals surface area contributed by atoms with Gasteiger partial charge in [-0.05, 0) is 36.4 Å². The second kappa shape index (κ2) is 8.14. The van der Waals surface area contributed by atoms with Crippen LogP contribution in [0.25, 0.3) is 0 Å². The maximum Gasteiger partial charge on any atom is 0.138 e. The summed E-state index contributed by atoms with van der Waals surface area (Å²) in [4.78, 5) is 6.35. The molecule has 0 fully saturated rings. The molecular weight excluding hydrogens is 336 g/mol. The molecule has 0 saturated carbocycles. The van der Waals surface area contributed by atoms with Crippen LogP contribution in [0.1, 0.15) is 16.8 Å². The van der Waals surface area contributed by atoms with Crippen LogP contribution in [0, 0.1) is 0 Å². The zero-order chi connectivity index (χ0) is 17.6. The van der Waals surface area contributed by atoms with E-state index < -0.39 is 0 Å². The molecule has 0 unspecified atom stereocenters. The Balaban J connectivity index is 1.65. The summed E-state index contributed by atoms with van der Waals surface area (Å²) < 4.78 is 7.67. The zero-order valence-electron chi connectivity index (χ0n) is 14.4. The quantitative estimate of drug-likeness (QED) is 0.647. The summed E-state index contributed by atoms with van der Waals surface area (Å²) in [5, 5.41) is 4.80. The molecule has 0 spiro atoms. The number of pyridine rings is 1. The van der Waals surface area contributed by atoms with E-state index in [-0.39, 0.29) is 0 Å². The number of benzene rings is 1. The highest BCUT2D eigenvalue weighted by Crippen LogP contribution is 2.29. The fourth-order valence-electron chi connectivity index (χ4n) is 2.63. The summed E-state index contributed by atoms with van der Waals surface area (Å²) in [5.74, 6) is 0.690. The molecule has 3 rings (SSSR count).